The molecular weight excluding hydrogens is 363 g/mol. The Morgan fingerprint density at radius 1 is 1.54 bits per heavy atom. The standard InChI is InChI=1S/C8H16OSi.CHO.Pt/c1-2-5-8(10)6-3-4-7-9-8;1-2;/h2,5H,3-4,6-7H2,1,10H3;1H;. The molecule has 0 aromatic carbocycles. The van der Waals surface area contributed by atoms with Gasteiger partial charge < -0.3 is 4.74 Å². The first kappa shape index (κ1) is 13.3. The summed E-state index contributed by atoms with van der Waals surface area (Å²) in [5.41, 5.74) is 0. The molecule has 0 N–H and O–H groups in total. The van der Waals surface area contributed by atoms with Gasteiger partial charge in [0, 0.05) is 16.8 Å². The maximum absolute atomic E-state index is 8.79. The second-order valence-corrected chi connectivity index (χ2v) is 5.42. The second kappa shape index (κ2) is 7.66. The predicted molar refractivity (Wildman–Crippen MR) is 54.0 cm³/mol. The monoisotopic (exact) mass is 380 g/mol. The molecule has 4 heteroatoms. The van der Waals surface area contributed by atoms with Gasteiger partial charge in [-0.3, -0.25) is 0 Å². The number of rotatable bonds is 1. The zero-order chi connectivity index (χ0) is 10.2. The molecule has 1 atom stereocenters. The molecule has 1 aliphatic rings. The summed E-state index contributed by atoms with van der Waals surface area (Å²) >= 11 is 1.60. The first-order valence-electron chi connectivity index (χ1n) is 4.46. The summed E-state index contributed by atoms with van der Waals surface area (Å²) in [4.78, 5) is 8.79. The number of allylic oxidation sites excluding steroid dienone is 1. The molecule has 0 aromatic heterocycles. The van der Waals surface area contributed by atoms with Gasteiger partial charge in [0.05, 0.1) is 5.22 Å². The van der Waals surface area contributed by atoms with Crippen LogP contribution in [-0.2, 0) is 29.3 Å². The van der Waals surface area contributed by atoms with Crippen molar-refractivity contribution in [2.45, 2.75) is 31.4 Å². The van der Waals surface area contributed by atoms with Gasteiger partial charge >= 0.3 is 29.3 Å². The zero-order valence-electron chi connectivity index (χ0n) is 8.19. The molecule has 0 bridgehead atoms. The Kier molecular flexibility index (Phi) is 7.82. The zero-order valence-corrected chi connectivity index (χ0v) is 12.5. The molecule has 0 radical (unpaired) electrons. The van der Waals surface area contributed by atoms with Crippen LogP contribution in [0, 0.1) is 0 Å². The van der Waals surface area contributed by atoms with E-state index in [-0.39, 0.29) is 5.22 Å². The fourth-order valence-electron chi connectivity index (χ4n) is 1.44. The summed E-state index contributed by atoms with van der Waals surface area (Å²) in [7, 11) is 1.13. The van der Waals surface area contributed by atoms with Crippen LogP contribution in [0.2, 0.25) is 0 Å². The van der Waals surface area contributed by atoms with E-state index in [0.29, 0.717) is 0 Å². The van der Waals surface area contributed by atoms with E-state index in [1.165, 1.54) is 19.3 Å². The van der Waals surface area contributed by atoms with E-state index >= 15 is 0 Å². The molecule has 1 heterocycles. The minimum absolute atomic E-state index is 0.188. The Bertz CT molecular complexity index is 165. The van der Waals surface area contributed by atoms with Crippen molar-refractivity contribution < 1.29 is 29.3 Å². The predicted octanol–water partition coefficient (Wildman–Crippen LogP) is 0.548. The quantitative estimate of drug-likeness (QED) is 0.377. The Labute approximate surface area is 94.4 Å². The van der Waals surface area contributed by atoms with Crippen LogP contribution in [0.1, 0.15) is 26.2 Å². The van der Waals surface area contributed by atoms with Crippen LogP contribution < -0.4 is 0 Å². The van der Waals surface area contributed by atoms with Crippen molar-refractivity contribution in [3.05, 3.63) is 12.2 Å². The molecule has 0 aromatic rings. The molecule has 1 saturated heterocycles. The van der Waals surface area contributed by atoms with Crippen molar-refractivity contribution in [3.8, 4) is 0 Å². The fraction of sp³-hybridized carbons (Fsp3) is 0.667. The normalized spacial score (nSPS) is 28.2. The van der Waals surface area contributed by atoms with Gasteiger partial charge in [0.1, 0.15) is 0 Å². The number of carbonyl (C=O) groups excluding carboxylic acids is 1. The summed E-state index contributed by atoms with van der Waals surface area (Å²) in [6, 6.07) is 0. The summed E-state index contributed by atoms with van der Waals surface area (Å²) in [5.74, 6) is 0. The SMILES string of the molecule is CC=CC1([SiH3])CCCCO1.O=[CH][Pt]. The van der Waals surface area contributed by atoms with Crippen LogP contribution in [0.15, 0.2) is 12.2 Å². The number of carbonyl (C=O) groups is 1. The molecule has 1 unspecified atom stereocenters. The van der Waals surface area contributed by atoms with Gasteiger partial charge in [-0.1, -0.05) is 12.2 Å². The van der Waals surface area contributed by atoms with Crippen molar-refractivity contribution in [1.29, 1.82) is 0 Å². The van der Waals surface area contributed by atoms with Gasteiger partial charge in [-0.2, -0.15) is 0 Å². The van der Waals surface area contributed by atoms with Crippen molar-refractivity contribution in [2.75, 3.05) is 6.61 Å². The molecule has 0 saturated carbocycles. The molecule has 1 aliphatic heterocycles. The van der Waals surface area contributed by atoms with Crippen LogP contribution in [0.5, 0.6) is 0 Å². The summed E-state index contributed by atoms with van der Waals surface area (Å²) in [5, 5.41) is 0.188. The Balaban J connectivity index is 0.000000424. The molecule has 2 nitrogen and oxygen atoms in total. The molecule has 0 spiro atoms. The third-order valence-electron chi connectivity index (χ3n) is 2.02. The van der Waals surface area contributed by atoms with Gasteiger partial charge in [0.2, 0.25) is 0 Å². The maximum atomic E-state index is 8.79. The van der Waals surface area contributed by atoms with E-state index in [1.807, 2.05) is 0 Å². The summed E-state index contributed by atoms with van der Waals surface area (Å²) < 4.78 is 6.40. The fourth-order valence-corrected chi connectivity index (χ4v) is 2.33. The van der Waals surface area contributed by atoms with E-state index in [2.05, 4.69) is 19.1 Å². The molecule has 0 aliphatic carbocycles. The number of hydrogen-bond donors (Lipinski definition) is 0. The molecule has 0 amide bonds. The van der Waals surface area contributed by atoms with Crippen molar-refractivity contribution in [1.82, 2.24) is 0 Å². The molecule has 1 rings (SSSR count). The number of hydrogen-bond acceptors (Lipinski definition) is 2. The van der Waals surface area contributed by atoms with E-state index in [9.17, 15) is 0 Å². The van der Waals surface area contributed by atoms with Crippen molar-refractivity contribution >= 4 is 14.9 Å². The Hall–Kier alpha value is 0.275. The average Bonchev–Trinajstić information content (AvgIpc) is 2.06. The molecule has 1 fully saturated rings. The third kappa shape index (κ3) is 6.36. The molecule has 13 heavy (non-hydrogen) atoms. The van der Waals surface area contributed by atoms with Gasteiger partial charge in [0.25, 0.3) is 0 Å². The molecule has 79 valence electrons. The van der Waals surface area contributed by atoms with E-state index in [1.54, 1.807) is 19.8 Å². The van der Waals surface area contributed by atoms with Crippen LogP contribution in [0.25, 0.3) is 0 Å². The topological polar surface area (TPSA) is 26.3 Å². The third-order valence-corrected chi connectivity index (χ3v) is 3.14. The molecular formula is C9H17O2PtSi. The Morgan fingerprint density at radius 3 is 2.54 bits per heavy atom. The Morgan fingerprint density at radius 2 is 2.15 bits per heavy atom. The minimum atomic E-state index is 0.188. The van der Waals surface area contributed by atoms with Gasteiger partial charge in [-0.25, -0.2) is 0 Å². The first-order chi connectivity index (χ1) is 6.18. The van der Waals surface area contributed by atoms with Crippen LogP contribution in [0.3, 0.4) is 0 Å². The van der Waals surface area contributed by atoms with E-state index < -0.39 is 0 Å². The van der Waals surface area contributed by atoms with Gasteiger partial charge in [-0.15, -0.1) is 0 Å². The van der Waals surface area contributed by atoms with Crippen LogP contribution in [-0.4, -0.2) is 26.7 Å². The van der Waals surface area contributed by atoms with Crippen LogP contribution >= 0.6 is 0 Å². The number of ether oxygens (including phenoxy) is 1. The first-order valence-corrected chi connectivity index (χ1v) is 6.78. The second-order valence-electron chi connectivity index (χ2n) is 3.19. The van der Waals surface area contributed by atoms with E-state index in [4.69, 9.17) is 9.53 Å². The summed E-state index contributed by atoms with van der Waals surface area (Å²) in [6.45, 7) is 3.03. The van der Waals surface area contributed by atoms with Crippen LogP contribution in [0.4, 0.5) is 0 Å². The van der Waals surface area contributed by atoms with Gasteiger partial charge in [-0.05, 0) is 26.2 Å². The van der Waals surface area contributed by atoms with Crippen molar-refractivity contribution in [2.24, 2.45) is 0 Å². The van der Waals surface area contributed by atoms with Gasteiger partial charge in [0.15, 0.2) is 0 Å². The van der Waals surface area contributed by atoms with Crippen molar-refractivity contribution in [3.63, 3.8) is 0 Å². The summed E-state index contributed by atoms with van der Waals surface area (Å²) in [6.07, 6.45) is 8.16. The van der Waals surface area contributed by atoms with E-state index in [0.717, 1.165) is 21.5 Å². The average molecular weight is 380 g/mol.